The molecule has 0 aliphatic carbocycles. The Labute approximate surface area is 79.9 Å². The van der Waals surface area contributed by atoms with Gasteiger partial charge in [-0.2, -0.15) is 0 Å². The third-order valence-corrected chi connectivity index (χ3v) is 1.64. The molecular formula is C13H14. The first-order valence-electron chi connectivity index (χ1n) is 4.42. The van der Waals surface area contributed by atoms with Crippen LogP contribution in [0.25, 0.3) is 6.08 Å². The minimum Gasteiger partial charge on any atom is -0.103 e. The van der Waals surface area contributed by atoms with Crippen LogP contribution in [0.1, 0.15) is 12.0 Å². The van der Waals surface area contributed by atoms with Gasteiger partial charge < -0.3 is 0 Å². The number of rotatable bonds is 4. The van der Waals surface area contributed by atoms with Gasteiger partial charge in [-0.25, -0.2) is 0 Å². The SMILES string of the molecule is C=CC/C=C/C=C/c1ccccc1. The molecule has 0 bridgehead atoms. The Kier molecular flexibility index (Phi) is 4.41. The molecule has 0 atom stereocenters. The lowest BCUT2D eigenvalue weighted by molar-refractivity contribution is 1.41. The maximum absolute atomic E-state index is 3.64. The highest BCUT2D eigenvalue weighted by atomic mass is 13.8. The van der Waals surface area contributed by atoms with Gasteiger partial charge in [-0.1, -0.05) is 60.7 Å². The van der Waals surface area contributed by atoms with Crippen LogP contribution >= 0.6 is 0 Å². The van der Waals surface area contributed by atoms with Crippen molar-refractivity contribution in [2.24, 2.45) is 0 Å². The molecule has 0 spiro atoms. The quantitative estimate of drug-likeness (QED) is 0.476. The average Bonchev–Trinajstić information content (AvgIpc) is 2.19. The fraction of sp³-hybridized carbons (Fsp3) is 0.0769. The first kappa shape index (κ1) is 9.53. The second-order valence-electron chi connectivity index (χ2n) is 2.72. The van der Waals surface area contributed by atoms with Crippen LogP contribution < -0.4 is 0 Å². The molecule has 66 valence electrons. The van der Waals surface area contributed by atoms with E-state index in [9.17, 15) is 0 Å². The summed E-state index contributed by atoms with van der Waals surface area (Å²) in [6, 6.07) is 10.3. The molecule has 0 saturated carbocycles. The van der Waals surface area contributed by atoms with Gasteiger partial charge in [0.2, 0.25) is 0 Å². The summed E-state index contributed by atoms with van der Waals surface area (Å²) in [5.41, 5.74) is 1.23. The predicted molar refractivity (Wildman–Crippen MR) is 59.4 cm³/mol. The minimum absolute atomic E-state index is 0.930. The molecule has 0 nitrogen and oxygen atoms in total. The molecule has 0 amide bonds. The lowest BCUT2D eigenvalue weighted by Crippen LogP contribution is -1.66. The van der Waals surface area contributed by atoms with Gasteiger partial charge in [-0.15, -0.1) is 6.58 Å². The molecule has 0 aliphatic rings. The third kappa shape index (κ3) is 4.12. The van der Waals surface area contributed by atoms with E-state index in [0.717, 1.165) is 6.42 Å². The number of benzene rings is 1. The van der Waals surface area contributed by atoms with Crippen LogP contribution in [0, 0.1) is 0 Å². The number of hydrogen-bond acceptors (Lipinski definition) is 0. The fourth-order valence-electron chi connectivity index (χ4n) is 0.984. The van der Waals surface area contributed by atoms with Crippen molar-refractivity contribution >= 4 is 6.08 Å². The monoisotopic (exact) mass is 170 g/mol. The second-order valence-corrected chi connectivity index (χ2v) is 2.72. The molecule has 0 aliphatic heterocycles. The van der Waals surface area contributed by atoms with E-state index in [1.54, 1.807) is 0 Å². The van der Waals surface area contributed by atoms with Gasteiger partial charge in [0.15, 0.2) is 0 Å². The Balaban J connectivity index is 2.45. The Morgan fingerprint density at radius 1 is 1.08 bits per heavy atom. The summed E-state index contributed by atoms with van der Waals surface area (Å²) in [7, 11) is 0. The van der Waals surface area contributed by atoms with Crippen LogP contribution in [0.15, 0.2) is 61.2 Å². The van der Waals surface area contributed by atoms with Crippen molar-refractivity contribution in [1.29, 1.82) is 0 Å². The zero-order valence-corrected chi connectivity index (χ0v) is 7.69. The molecule has 0 heteroatoms. The molecule has 1 aromatic rings. The molecule has 0 radical (unpaired) electrons. The van der Waals surface area contributed by atoms with Crippen molar-refractivity contribution in [3.63, 3.8) is 0 Å². The maximum Gasteiger partial charge on any atom is -0.0169 e. The predicted octanol–water partition coefficient (Wildman–Crippen LogP) is 3.83. The van der Waals surface area contributed by atoms with Gasteiger partial charge in [0.25, 0.3) is 0 Å². The highest BCUT2D eigenvalue weighted by Crippen LogP contribution is 2.00. The Hall–Kier alpha value is -1.56. The van der Waals surface area contributed by atoms with E-state index in [4.69, 9.17) is 0 Å². The Bertz CT molecular complexity index is 291. The van der Waals surface area contributed by atoms with E-state index in [1.807, 2.05) is 36.4 Å². The summed E-state index contributed by atoms with van der Waals surface area (Å²) in [5, 5.41) is 0. The normalized spacial score (nSPS) is 11.1. The van der Waals surface area contributed by atoms with Gasteiger partial charge in [0.05, 0.1) is 0 Å². The lowest BCUT2D eigenvalue weighted by atomic mass is 10.2. The van der Waals surface area contributed by atoms with Crippen LogP contribution in [0.5, 0.6) is 0 Å². The topological polar surface area (TPSA) is 0 Å². The zero-order valence-electron chi connectivity index (χ0n) is 7.69. The molecule has 0 saturated heterocycles. The van der Waals surface area contributed by atoms with Gasteiger partial charge in [0.1, 0.15) is 0 Å². The molecule has 0 aromatic heterocycles. The largest absolute Gasteiger partial charge is 0.103 e. The van der Waals surface area contributed by atoms with E-state index >= 15 is 0 Å². The van der Waals surface area contributed by atoms with E-state index < -0.39 is 0 Å². The first-order chi connectivity index (χ1) is 6.43. The van der Waals surface area contributed by atoms with Crippen LogP contribution in [0.2, 0.25) is 0 Å². The van der Waals surface area contributed by atoms with Gasteiger partial charge in [-0.3, -0.25) is 0 Å². The van der Waals surface area contributed by atoms with E-state index in [2.05, 4.69) is 30.9 Å². The minimum atomic E-state index is 0.930. The van der Waals surface area contributed by atoms with Crippen LogP contribution in [-0.2, 0) is 0 Å². The summed E-state index contributed by atoms with van der Waals surface area (Å²) in [5.74, 6) is 0. The van der Waals surface area contributed by atoms with Gasteiger partial charge in [0, 0.05) is 0 Å². The molecule has 13 heavy (non-hydrogen) atoms. The first-order valence-corrected chi connectivity index (χ1v) is 4.42. The summed E-state index contributed by atoms with van der Waals surface area (Å²) in [6.45, 7) is 3.64. The molecule has 0 fully saturated rings. The second kappa shape index (κ2) is 6.01. The molecule has 0 unspecified atom stereocenters. The zero-order chi connectivity index (χ0) is 9.36. The van der Waals surface area contributed by atoms with Crippen molar-refractivity contribution in [1.82, 2.24) is 0 Å². The Morgan fingerprint density at radius 3 is 2.54 bits per heavy atom. The molecule has 0 N–H and O–H groups in total. The van der Waals surface area contributed by atoms with Gasteiger partial charge >= 0.3 is 0 Å². The van der Waals surface area contributed by atoms with Crippen molar-refractivity contribution in [2.75, 3.05) is 0 Å². The van der Waals surface area contributed by atoms with Gasteiger partial charge in [-0.05, 0) is 12.0 Å². The number of allylic oxidation sites excluding steroid dienone is 4. The molecule has 1 aromatic carbocycles. The molecule has 0 heterocycles. The molecule has 1 rings (SSSR count). The fourth-order valence-corrected chi connectivity index (χ4v) is 0.984. The van der Waals surface area contributed by atoms with Crippen LogP contribution in [0.4, 0.5) is 0 Å². The van der Waals surface area contributed by atoms with Crippen molar-refractivity contribution < 1.29 is 0 Å². The smallest absolute Gasteiger partial charge is 0.0169 e. The molecular weight excluding hydrogens is 156 g/mol. The standard InChI is InChI=1S/C13H14/c1-2-3-4-5-7-10-13-11-8-6-9-12-13/h2,4-12H,1,3H2/b5-4+,10-7+. The lowest BCUT2D eigenvalue weighted by Gasteiger charge is -1.88. The van der Waals surface area contributed by atoms with Crippen molar-refractivity contribution in [3.8, 4) is 0 Å². The van der Waals surface area contributed by atoms with E-state index in [1.165, 1.54) is 5.56 Å². The average molecular weight is 170 g/mol. The van der Waals surface area contributed by atoms with Crippen molar-refractivity contribution in [2.45, 2.75) is 6.42 Å². The summed E-state index contributed by atoms with van der Waals surface area (Å²) in [6.07, 6.45) is 11.0. The van der Waals surface area contributed by atoms with Crippen molar-refractivity contribution in [3.05, 3.63) is 66.8 Å². The maximum atomic E-state index is 3.64. The highest BCUT2D eigenvalue weighted by molar-refractivity contribution is 5.50. The highest BCUT2D eigenvalue weighted by Gasteiger charge is 1.79. The van der Waals surface area contributed by atoms with E-state index in [0.29, 0.717) is 0 Å². The summed E-state index contributed by atoms with van der Waals surface area (Å²) in [4.78, 5) is 0. The summed E-state index contributed by atoms with van der Waals surface area (Å²) >= 11 is 0. The Morgan fingerprint density at radius 2 is 1.85 bits per heavy atom. The van der Waals surface area contributed by atoms with Crippen LogP contribution in [-0.4, -0.2) is 0 Å². The van der Waals surface area contributed by atoms with Crippen LogP contribution in [0.3, 0.4) is 0 Å². The summed E-state index contributed by atoms with van der Waals surface area (Å²) < 4.78 is 0. The van der Waals surface area contributed by atoms with E-state index in [-0.39, 0.29) is 0 Å². The number of hydrogen-bond donors (Lipinski definition) is 0. The third-order valence-electron chi connectivity index (χ3n) is 1.64.